The van der Waals surface area contributed by atoms with E-state index in [1.54, 1.807) is 0 Å². The Labute approximate surface area is 109 Å². The van der Waals surface area contributed by atoms with Crippen molar-refractivity contribution >= 4 is 0 Å². The molecule has 0 saturated carbocycles. The molecule has 94 valence electrons. The molecule has 1 aromatic carbocycles. The van der Waals surface area contributed by atoms with Gasteiger partial charge < -0.3 is 5.32 Å². The van der Waals surface area contributed by atoms with Crippen LogP contribution in [0.3, 0.4) is 0 Å². The maximum atomic E-state index is 4.14. The minimum Gasteiger partial charge on any atom is -0.310 e. The number of nitrogens with one attached hydrogen (secondary N) is 1. The van der Waals surface area contributed by atoms with Gasteiger partial charge in [0.2, 0.25) is 0 Å². The lowest BCUT2D eigenvalue weighted by atomic mass is 10.1. The van der Waals surface area contributed by atoms with Crippen molar-refractivity contribution in [2.45, 2.75) is 25.8 Å². The minimum atomic E-state index is 0.370. The van der Waals surface area contributed by atoms with E-state index in [4.69, 9.17) is 0 Å². The van der Waals surface area contributed by atoms with Gasteiger partial charge in [-0.05, 0) is 43.5 Å². The number of pyridine rings is 1. The Bertz CT molecular complexity index is 439. The van der Waals surface area contributed by atoms with Gasteiger partial charge in [-0.1, -0.05) is 36.4 Å². The predicted molar refractivity (Wildman–Crippen MR) is 75.4 cm³/mol. The van der Waals surface area contributed by atoms with E-state index in [0.29, 0.717) is 6.04 Å². The van der Waals surface area contributed by atoms with Gasteiger partial charge in [-0.25, -0.2) is 0 Å². The van der Waals surface area contributed by atoms with Crippen LogP contribution in [-0.2, 0) is 6.42 Å². The van der Waals surface area contributed by atoms with Crippen LogP contribution in [0, 0.1) is 0 Å². The molecule has 1 heterocycles. The normalized spacial score (nSPS) is 12.3. The van der Waals surface area contributed by atoms with Crippen LogP contribution in [0.25, 0.3) is 0 Å². The first-order chi connectivity index (χ1) is 8.86. The lowest BCUT2D eigenvalue weighted by Crippen LogP contribution is -2.20. The summed E-state index contributed by atoms with van der Waals surface area (Å²) in [6.45, 7) is 3.21. The summed E-state index contributed by atoms with van der Waals surface area (Å²) in [6.07, 6.45) is 6.03. The third-order valence-electron chi connectivity index (χ3n) is 3.12. The molecule has 0 aliphatic heterocycles. The largest absolute Gasteiger partial charge is 0.310 e. The second kappa shape index (κ2) is 6.92. The van der Waals surface area contributed by atoms with Crippen molar-refractivity contribution in [1.82, 2.24) is 10.3 Å². The number of nitrogens with zero attached hydrogens (tertiary/aromatic N) is 1. The monoisotopic (exact) mass is 240 g/mol. The van der Waals surface area contributed by atoms with Crippen molar-refractivity contribution in [3.05, 3.63) is 66.0 Å². The molecule has 2 aromatic rings. The van der Waals surface area contributed by atoms with Crippen LogP contribution in [0.4, 0.5) is 0 Å². The zero-order valence-corrected chi connectivity index (χ0v) is 10.8. The molecule has 0 fully saturated rings. The molecule has 1 atom stereocenters. The van der Waals surface area contributed by atoms with Gasteiger partial charge in [0.05, 0.1) is 0 Å². The fourth-order valence-electron chi connectivity index (χ4n) is 2.01. The molecule has 0 radical (unpaired) electrons. The Morgan fingerprint density at radius 2 is 1.94 bits per heavy atom. The van der Waals surface area contributed by atoms with Crippen LogP contribution in [0.2, 0.25) is 0 Å². The minimum absolute atomic E-state index is 0.370. The smallest absolute Gasteiger partial charge is 0.0315 e. The fourth-order valence-corrected chi connectivity index (χ4v) is 2.01. The molecule has 0 aliphatic rings. The second-order valence-corrected chi connectivity index (χ2v) is 4.55. The third kappa shape index (κ3) is 3.97. The number of hydrogen-bond acceptors (Lipinski definition) is 2. The molecule has 0 aliphatic carbocycles. The standard InChI is InChI=1S/C16H20N2/c1-14(16-10-6-11-17-13-16)18-12-5-9-15-7-3-2-4-8-15/h2-4,6-8,10-11,13-14,18H,5,9,12H2,1H3. The highest BCUT2D eigenvalue weighted by atomic mass is 14.9. The molecular formula is C16H20N2. The molecule has 0 spiro atoms. The summed E-state index contributed by atoms with van der Waals surface area (Å²) in [5.41, 5.74) is 2.66. The van der Waals surface area contributed by atoms with Crippen LogP contribution >= 0.6 is 0 Å². The van der Waals surface area contributed by atoms with Crippen molar-refractivity contribution in [3.63, 3.8) is 0 Å². The molecule has 1 N–H and O–H groups in total. The van der Waals surface area contributed by atoms with Gasteiger partial charge in [-0.3, -0.25) is 4.98 Å². The first-order valence-electron chi connectivity index (χ1n) is 6.53. The number of hydrogen-bond donors (Lipinski definition) is 1. The van der Waals surface area contributed by atoms with Gasteiger partial charge in [0, 0.05) is 18.4 Å². The summed E-state index contributed by atoms with van der Waals surface area (Å²) in [5.74, 6) is 0. The maximum absolute atomic E-state index is 4.14. The van der Waals surface area contributed by atoms with E-state index in [0.717, 1.165) is 19.4 Å². The van der Waals surface area contributed by atoms with Crippen LogP contribution in [0.1, 0.15) is 30.5 Å². The molecule has 2 nitrogen and oxygen atoms in total. The molecule has 18 heavy (non-hydrogen) atoms. The van der Waals surface area contributed by atoms with E-state index in [-0.39, 0.29) is 0 Å². The lowest BCUT2D eigenvalue weighted by molar-refractivity contribution is 0.557. The van der Waals surface area contributed by atoms with Crippen LogP contribution < -0.4 is 5.32 Å². The van der Waals surface area contributed by atoms with Gasteiger partial charge in [-0.15, -0.1) is 0 Å². The van der Waals surface area contributed by atoms with Crippen molar-refractivity contribution < 1.29 is 0 Å². The Kier molecular flexibility index (Phi) is 4.91. The first-order valence-corrected chi connectivity index (χ1v) is 6.53. The average molecular weight is 240 g/mol. The van der Waals surface area contributed by atoms with E-state index >= 15 is 0 Å². The van der Waals surface area contributed by atoms with Crippen LogP contribution in [0.15, 0.2) is 54.9 Å². The van der Waals surface area contributed by atoms with E-state index in [2.05, 4.69) is 53.6 Å². The third-order valence-corrected chi connectivity index (χ3v) is 3.12. The average Bonchev–Trinajstić information content (AvgIpc) is 2.45. The summed E-state index contributed by atoms with van der Waals surface area (Å²) in [7, 11) is 0. The summed E-state index contributed by atoms with van der Waals surface area (Å²) < 4.78 is 0. The van der Waals surface area contributed by atoms with E-state index in [9.17, 15) is 0 Å². The summed E-state index contributed by atoms with van der Waals surface area (Å²) in [5, 5.41) is 3.53. The van der Waals surface area contributed by atoms with Crippen LogP contribution in [0.5, 0.6) is 0 Å². The quantitative estimate of drug-likeness (QED) is 0.783. The number of aromatic nitrogens is 1. The fraction of sp³-hybridized carbons (Fsp3) is 0.312. The van der Waals surface area contributed by atoms with Crippen molar-refractivity contribution in [2.24, 2.45) is 0 Å². The molecule has 0 bridgehead atoms. The summed E-state index contributed by atoms with van der Waals surface area (Å²) in [4.78, 5) is 4.14. The first kappa shape index (κ1) is 12.8. The van der Waals surface area contributed by atoms with Crippen molar-refractivity contribution in [2.75, 3.05) is 6.54 Å². The molecule has 0 amide bonds. The van der Waals surface area contributed by atoms with E-state index < -0.39 is 0 Å². The van der Waals surface area contributed by atoms with Gasteiger partial charge in [0.25, 0.3) is 0 Å². The van der Waals surface area contributed by atoms with Crippen molar-refractivity contribution in [1.29, 1.82) is 0 Å². The molecule has 2 rings (SSSR count). The van der Waals surface area contributed by atoms with Gasteiger partial charge in [0.1, 0.15) is 0 Å². The molecule has 0 saturated heterocycles. The zero-order chi connectivity index (χ0) is 12.6. The predicted octanol–water partition coefficient (Wildman–Crippen LogP) is 3.37. The maximum Gasteiger partial charge on any atom is 0.0315 e. The molecule has 1 unspecified atom stereocenters. The summed E-state index contributed by atoms with van der Waals surface area (Å²) in [6, 6.07) is 15.1. The topological polar surface area (TPSA) is 24.9 Å². The highest BCUT2D eigenvalue weighted by Gasteiger charge is 2.03. The highest BCUT2D eigenvalue weighted by molar-refractivity contribution is 5.15. The zero-order valence-electron chi connectivity index (χ0n) is 10.8. The Balaban J connectivity index is 1.70. The molecule has 2 heteroatoms. The van der Waals surface area contributed by atoms with Crippen LogP contribution in [-0.4, -0.2) is 11.5 Å². The lowest BCUT2D eigenvalue weighted by Gasteiger charge is -2.13. The molecular weight excluding hydrogens is 220 g/mol. The van der Waals surface area contributed by atoms with Gasteiger partial charge in [-0.2, -0.15) is 0 Å². The molecule has 1 aromatic heterocycles. The van der Waals surface area contributed by atoms with Gasteiger partial charge >= 0.3 is 0 Å². The van der Waals surface area contributed by atoms with Crippen molar-refractivity contribution in [3.8, 4) is 0 Å². The van der Waals surface area contributed by atoms with E-state index in [1.165, 1.54) is 11.1 Å². The SMILES string of the molecule is CC(NCCCc1ccccc1)c1cccnc1. The second-order valence-electron chi connectivity index (χ2n) is 4.55. The number of rotatable bonds is 6. The highest BCUT2D eigenvalue weighted by Crippen LogP contribution is 2.09. The van der Waals surface area contributed by atoms with E-state index in [1.807, 2.05) is 18.5 Å². The van der Waals surface area contributed by atoms with Gasteiger partial charge in [0.15, 0.2) is 0 Å². The Hall–Kier alpha value is -1.67. The Morgan fingerprint density at radius 1 is 1.11 bits per heavy atom. The summed E-state index contributed by atoms with van der Waals surface area (Å²) >= 11 is 0. The number of aryl methyl sites for hydroxylation is 1. The number of benzene rings is 1. The Morgan fingerprint density at radius 3 is 2.67 bits per heavy atom.